The molecule has 10 rings (SSSR count). The number of nitrogens with zero attached hydrogens (tertiary/aromatic N) is 2. The van der Waals surface area contributed by atoms with Gasteiger partial charge in [-0.05, 0) is 78.8 Å². The van der Waals surface area contributed by atoms with E-state index < -0.39 is 23.7 Å². The predicted octanol–water partition coefficient (Wildman–Crippen LogP) is 12.9. The van der Waals surface area contributed by atoms with Gasteiger partial charge in [-0.3, -0.25) is 0 Å². The quantitative estimate of drug-likeness (QED) is 0.0397. The standard InChI is InChI=1S/C50H42Cl4N2O9S/c1-2-3-4-5-9-29-21-34-38(23-36(29)64-49(60)62-24-27-11-14-32(15-12-27)61-25-30-26-66-39-18-20-56(39)46(30)47(57)58)63-37-22-31(55-19-17-28-8-6-7-10-35(28)55)13-16-33(37)50(34)41-40(48(59)65-50)42(51)44(53)45(54)43(41)52/h6-8,10-16,21-23,39H,2-5,9,17-20,24-26H2,1H3,(H,57,58). The van der Waals surface area contributed by atoms with Gasteiger partial charge in [-0.1, -0.05) is 103 Å². The van der Waals surface area contributed by atoms with Crippen LogP contribution in [0.3, 0.4) is 0 Å². The summed E-state index contributed by atoms with van der Waals surface area (Å²) in [5.41, 5.74) is 5.05. The number of carbonyl (C=O) groups is 3. The molecule has 1 saturated heterocycles. The van der Waals surface area contributed by atoms with Crippen LogP contribution in [0.4, 0.5) is 16.2 Å². The van der Waals surface area contributed by atoms with E-state index in [1.54, 1.807) is 42.1 Å². The number of anilines is 2. The molecule has 16 heteroatoms. The smallest absolute Gasteiger partial charge is 0.489 e. The van der Waals surface area contributed by atoms with Gasteiger partial charge in [0, 0.05) is 64.6 Å². The van der Waals surface area contributed by atoms with E-state index in [0.717, 1.165) is 68.6 Å². The Hall–Kier alpha value is -5.24. The van der Waals surface area contributed by atoms with Crippen LogP contribution < -0.4 is 19.1 Å². The third-order valence-corrected chi connectivity index (χ3v) is 16.0. The SMILES string of the molecule is CCCCCCc1cc2c(cc1OC(=O)OCc1ccc(OCC3=C(C(=O)O)N4CCC4SC3)cc1)Oc1cc(N3CCc4ccccc43)ccc1C21OC(=O)c2c(Cl)c(Cl)c(Cl)c(Cl)c21. The van der Waals surface area contributed by atoms with Crippen LogP contribution in [0.25, 0.3) is 0 Å². The molecule has 0 amide bonds. The number of esters is 1. The molecule has 2 unspecified atom stereocenters. The molecule has 0 saturated carbocycles. The van der Waals surface area contributed by atoms with Crippen molar-refractivity contribution >= 4 is 87.6 Å². The van der Waals surface area contributed by atoms with Gasteiger partial charge in [0.1, 0.15) is 41.9 Å². The highest BCUT2D eigenvalue weighted by Gasteiger charge is 2.57. The summed E-state index contributed by atoms with van der Waals surface area (Å²) >= 11 is 28.9. The summed E-state index contributed by atoms with van der Waals surface area (Å²) in [7, 11) is 0. The Morgan fingerprint density at radius 2 is 1.67 bits per heavy atom. The van der Waals surface area contributed by atoms with Crippen LogP contribution in [0.15, 0.2) is 90.1 Å². The van der Waals surface area contributed by atoms with Crippen LogP contribution in [0.1, 0.15) is 82.8 Å². The van der Waals surface area contributed by atoms with Gasteiger partial charge < -0.3 is 38.6 Å². The first kappa shape index (κ1) is 44.6. The molecule has 0 radical (unpaired) electrons. The van der Waals surface area contributed by atoms with Crippen LogP contribution in [-0.4, -0.2) is 58.9 Å². The van der Waals surface area contributed by atoms with Crippen molar-refractivity contribution < 1.29 is 43.2 Å². The molecule has 2 atom stereocenters. The Morgan fingerprint density at radius 1 is 0.879 bits per heavy atom. The average molecular weight is 989 g/mol. The average Bonchev–Trinajstić information content (AvgIpc) is 3.87. The first-order valence-electron chi connectivity index (χ1n) is 21.8. The number of rotatable bonds is 13. The van der Waals surface area contributed by atoms with Crippen molar-refractivity contribution in [3.63, 3.8) is 0 Å². The molecule has 340 valence electrons. The maximum absolute atomic E-state index is 14.1. The van der Waals surface area contributed by atoms with Crippen molar-refractivity contribution in [2.75, 3.05) is 30.3 Å². The predicted molar refractivity (Wildman–Crippen MR) is 255 cm³/mol. The van der Waals surface area contributed by atoms with E-state index in [0.29, 0.717) is 51.6 Å². The number of carboxylic acids is 1. The lowest BCUT2D eigenvalue weighted by atomic mass is 9.76. The lowest BCUT2D eigenvalue weighted by Gasteiger charge is -2.46. The van der Waals surface area contributed by atoms with E-state index in [-0.39, 0.29) is 61.3 Å². The Labute approximate surface area is 405 Å². The molecule has 5 heterocycles. The summed E-state index contributed by atoms with van der Waals surface area (Å²) < 4.78 is 30.9. The highest BCUT2D eigenvalue weighted by molar-refractivity contribution is 8.00. The number of hydrogen-bond acceptors (Lipinski definition) is 11. The molecule has 5 aliphatic rings. The number of thioether (sulfide) groups is 1. The number of aryl methyl sites for hydroxylation is 1. The molecule has 5 aromatic carbocycles. The largest absolute Gasteiger partial charge is 0.514 e. The minimum absolute atomic E-state index is 0.00159. The van der Waals surface area contributed by atoms with Crippen LogP contribution in [0.5, 0.6) is 23.0 Å². The zero-order chi connectivity index (χ0) is 45.9. The fourth-order valence-corrected chi connectivity index (χ4v) is 11.8. The third kappa shape index (κ3) is 7.78. The molecule has 1 N–H and O–H groups in total. The molecular weight excluding hydrogens is 946 g/mol. The number of aliphatic carboxylic acids is 1. The van der Waals surface area contributed by atoms with Crippen molar-refractivity contribution in [3.8, 4) is 23.0 Å². The maximum Gasteiger partial charge on any atom is 0.514 e. The molecule has 1 fully saturated rings. The summed E-state index contributed by atoms with van der Waals surface area (Å²) in [6.07, 6.45) is 5.14. The van der Waals surface area contributed by atoms with E-state index >= 15 is 0 Å². The topological polar surface area (TPSA) is 124 Å². The van der Waals surface area contributed by atoms with Crippen LogP contribution >= 0.6 is 58.2 Å². The van der Waals surface area contributed by atoms with Crippen molar-refractivity contribution in [2.45, 2.75) is 69.5 Å². The van der Waals surface area contributed by atoms with E-state index in [2.05, 4.69) is 24.0 Å². The second-order valence-electron chi connectivity index (χ2n) is 16.7. The van der Waals surface area contributed by atoms with Crippen LogP contribution in [-0.2, 0) is 39.3 Å². The Bertz CT molecular complexity index is 2860. The first-order valence-corrected chi connectivity index (χ1v) is 24.4. The van der Waals surface area contributed by atoms with Gasteiger partial charge in [-0.25, -0.2) is 14.4 Å². The minimum Gasteiger partial charge on any atom is -0.489 e. The zero-order valence-corrected chi connectivity index (χ0v) is 39.4. The fourth-order valence-electron chi connectivity index (χ4n) is 9.46. The van der Waals surface area contributed by atoms with Crippen molar-refractivity contribution in [1.82, 2.24) is 4.90 Å². The molecule has 66 heavy (non-hydrogen) atoms. The number of halogens is 4. The van der Waals surface area contributed by atoms with Gasteiger partial charge in [0.15, 0.2) is 5.60 Å². The molecule has 5 aromatic rings. The number of ether oxygens (including phenoxy) is 5. The highest BCUT2D eigenvalue weighted by Crippen LogP contribution is 2.62. The lowest BCUT2D eigenvalue weighted by Crippen LogP contribution is -2.50. The maximum atomic E-state index is 14.1. The van der Waals surface area contributed by atoms with E-state index in [4.69, 9.17) is 70.1 Å². The van der Waals surface area contributed by atoms with E-state index in [1.807, 2.05) is 41.3 Å². The molecule has 1 spiro atoms. The third-order valence-electron chi connectivity index (χ3n) is 12.8. The lowest BCUT2D eigenvalue weighted by molar-refractivity contribution is -0.135. The second-order valence-corrected chi connectivity index (χ2v) is 19.4. The van der Waals surface area contributed by atoms with E-state index in [1.165, 1.54) is 5.56 Å². The fraction of sp³-hybridized carbons (Fsp3) is 0.300. The summed E-state index contributed by atoms with van der Waals surface area (Å²) in [5.74, 6) is 0.320. The normalized spacial score (nSPS) is 18.7. The monoisotopic (exact) mass is 986 g/mol. The molecular formula is C50H42Cl4N2O9S. The zero-order valence-electron chi connectivity index (χ0n) is 35.6. The number of carbonyl (C=O) groups excluding carboxylic acids is 2. The Morgan fingerprint density at radius 3 is 2.44 bits per heavy atom. The Kier molecular flexibility index (Phi) is 12.2. The highest BCUT2D eigenvalue weighted by atomic mass is 35.5. The van der Waals surface area contributed by atoms with Gasteiger partial charge in [-0.15, -0.1) is 11.8 Å². The second kappa shape index (κ2) is 18.1. The number of hydrogen-bond donors (Lipinski definition) is 1. The van der Waals surface area contributed by atoms with Gasteiger partial charge in [0.05, 0.1) is 31.0 Å². The van der Waals surface area contributed by atoms with Crippen LogP contribution in [0, 0.1) is 0 Å². The molecule has 11 nitrogen and oxygen atoms in total. The van der Waals surface area contributed by atoms with E-state index in [9.17, 15) is 19.5 Å². The first-order chi connectivity index (χ1) is 32.0. The van der Waals surface area contributed by atoms with Crippen molar-refractivity contribution in [2.24, 2.45) is 0 Å². The number of carboxylic acid groups (broad SMARTS) is 1. The number of unbranched alkanes of at least 4 members (excludes halogenated alkanes) is 3. The number of benzene rings is 5. The molecule has 0 aliphatic carbocycles. The van der Waals surface area contributed by atoms with Crippen molar-refractivity contribution in [1.29, 1.82) is 0 Å². The summed E-state index contributed by atoms with van der Waals surface area (Å²) in [5, 5.41) is 9.91. The molecule has 5 aliphatic heterocycles. The minimum atomic E-state index is -1.68. The summed E-state index contributed by atoms with van der Waals surface area (Å²) in [4.78, 5) is 43.8. The summed E-state index contributed by atoms with van der Waals surface area (Å²) in [6, 6.07) is 24.4. The van der Waals surface area contributed by atoms with Gasteiger partial charge in [-0.2, -0.15) is 0 Å². The van der Waals surface area contributed by atoms with Crippen molar-refractivity contribution in [3.05, 3.63) is 149 Å². The van der Waals surface area contributed by atoms with Gasteiger partial charge in [0.25, 0.3) is 0 Å². The molecule has 0 bridgehead atoms. The van der Waals surface area contributed by atoms with Crippen LogP contribution in [0.2, 0.25) is 20.1 Å². The van der Waals surface area contributed by atoms with Gasteiger partial charge >= 0.3 is 18.1 Å². The van der Waals surface area contributed by atoms with Gasteiger partial charge in [0.2, 0.25) is 0 Å². The summed E-state index contributed by atoms with van der Waals surface area (Å²) in [6.45, 7) is 3.67. The number of fused-ring (bicyclic) bond motifs is 8. The molecule has 0 aromatic heterocycles. The number of para-hydroxylation sites is 1. The Balaban J connectivity index is 0.956.